The number of nitrogens with zero attached hydrogens (tertiary/aromatic N) is 2. The first-order valence-electron chi connectivity index (χ1n) is 9.19. The summed E-state index contributed by atoms with van der Waals surface area (Å²) >= 11 is 0. The molecule has 2 aromatic carbocycles. The van der Waals surface area contributed by atoms with E-state index >= 15 is 0 Å². The van der Waals surface area contributed by atoms with Crippen molar-refractivity contribution >= 4 is 5.91 Å². The van der Waals surface area contributed by atoms with Gasteiger partial charge in [0.05, 0.1) is 0 Å². The molecule has 1 aliphatic rings. The summed E-state index contributed by atoms with van der Waals surface area (Å²) in [6.45, 7) is 1.49. The van der Waals surface area contributed by atoms with Gasteiger partial charge in [-0.1, -0.05) is 42.5 Å². The molecule has 0 radical (unpaired) electrons. The predicted octanol–water partition coefficient (Wildman–Crippen LogP) is 4.37. The molecule has 1 amide bonds. The Labute approximate surface area is 158 Å². The van der Waals surface area contributed by atoms with Gasteiger partial charge in [0.2, 0.25) is 5.91 Å². The van der Waals surface area contributed by atoms with Gasteiger partial charge in [0.25, 0.3) is 0 Å². The molecule has 3 aromatic rings. The second kappa shape index (κ2) is 7.70. The van der Waals surface area contributed by atoms with E-state index in [-0.39, 0.29) is 17.6 Å². The number of amides is 1. The largest absolute Gasteiger partial charge is 0.341 e. The number of halogens is 1. The molecular weight excluding hydrogens is 339 g/mol. The molecule has 1 unspecified atom stereocenters. The third-order valence-corrected chi connectivity index (χ3v) is 5.26. The fourth-order valence-corrected chi connectivity index (χ4v) is 3.64. The van der Waals surface area contributed by atoms with Gasteiger partial charge in [0.1, 0.15) is 5.82 Å². The van der Waals surface area contributed by atoms with Gasteiger partial charge in [-0.25, -0.2) is 4.39 Å². The Balaban J connectivity index is 1.47. The molecule has 1 saturated heterocycles. The molecule has 0 spiro atoms. The summed E-state index contributed by atoms with van der Waals surface area (Å²) in [5, 5.41) is 0. The quantitative estimate of drug-likeness (QED) is 0.677. The zero-order chi connectivity index (χ0) is 18.6. The highest BCUT2D eigenvalue weighted by Gasteiger charge is 2.33. The second-order valence-electron chi connectivity index (χ2n) is 7.00. The number of rotatable bonds is 5. The van der Waals surface area contributed by atoms with Crippen LogP contribution >= 0.6 is 0 Å². The first-order chi connectivity index (χ1) is 13.2. The van der Waals surface area contributed by atoms with Crippen LogP contribution < -0.4 is 0 Å². The van der Waals surface area contributed by atoms with Gasteiger partial charge in [-0.05, 0) is 41.0 Å². The van der Waals surface area contributed by atoms with E-state index in [0.717, 1.165) is 24.2 Å². The van der Waals surface area contributed by atoms with E-state index in [1.54, 1.807) is 24.5 Å². The van der Waals surface area contributed by atoms with Crippen LogP contribution in [0.4, 0.5) is 4.39 Å². The van der Waals surface area contributed by atoms with Gasteiger partial charge in [-0.3, -0.25) is 9.78 Å². The Kier molecular flexibility index (Phi) is 4.97. The molecule has 1 atom stereocenters. The van der Waals surface area contributed by atoms with Crippen molar-refractivity contribution in [2.45, 2.75) is 18.3 Å². The predicted molar refractivity (Wildman–Crippen MR) is 103 cm³/mol. The normalized spacial score (nSPS) is 15.2. The SMILES string of the molecule is O=C(CC(c1ccccc1)c1ccc(F)cc1)N1CC(c2ccncc2)C1. The molecule has 0 aliphatic carbocycles. The molecular formula is C23H21FN2O. The van der Waals surface area contributed by atoms with E-state index in [9.17, 15) is 9.18 Å². The Morgan fingerprint density at radius 3 is 2.26 bits per heavy atom. The van der Waals surface area contributed by atoms with Crippen molar-refractivity contribution in [3.8, 4) is 0 Å². The lowest BCUT2D eigenvalue weighted by Crippen LogP contribution is -2.48. The highest BCUT2D eigenvalue weighted by molar-refractivity contribution is 5.79. The third-order valence-electron chi connectivity index (χ3n) is 5.26. The van der Waals surface area contributed by atoms with Crippen LogP contribution in [0.5, 0.6) is 0 Å². The van der Waals surface area contributed by atoms with Crippen LogP contribution in [0.2, 0.25) is 0 Å². The summed E-state index contributed by atoms with van der Waals surface area (Å²) in [5.41, 5.74) is 3.26. The molecule has 4 heteroatoms. The zero-order valence-electron chi connectivity index (χ0n) is 15.0. The lowest BCUT2D eigenvalue weighted by Gasteiger charge is -2.40. The topological polar surface area (TPSA) is 33.2 Å². The molecule has 0 saturated carbocycles. The Hall–Kier alpha value is -3.01. The summed E-state index contributed by atoms with van der Waals surface area (Å²) in [7, 11) is 0. The van der Waals surface area contributed by atoms with E-state index in [1.807, 2.05) is 47.4 Å². The Morgan fingerprint density at radius 2 is 1.59 bits per heavy atom. The molecule has 4 rings (SSSR count). The number of hydrogen-bond donors (Lipinski definition) is 0. The number of carbonyl (C=O) groups is 1. The number of hydrogen-bond acceptors (Lipinski definition) is 2. The van der Waals surface area contributed by atoms with Crippen LogP contribution in [0.15, 0.2) is 79.1 Å². The lowest BCUT2D eigenvalue weighted by atomic mass is 9.86. The van der Waals surface area contributed by atoms with Crippen LogP contribution in [-0.4, -0.2) is 28.9 Å². The van der Waals surface area contributed by atoms with Crippen LogP contribution in [0.1, 0.15) is 34.9 Å². The number of carbonyl (C=O) groups excluding carboxylic acids is 1. The summed E-state index contributed by atoms with van der Waals surface area (Å²) in [6, 6.07) is 20.4. The number of pyridine rings is 1. The molecule has 136 valence electrons. The van der Waals surface area contributed by atoms with Crippen molar-refractivity contribution in [3.05, 3.63) is 102 Å². The summed E-state index contributed by atoms with van der Waals surface area (Å²) in [6.07, 6.45) is 3.97. The number of aromatic nitrogens is 1. The summed E-state index contributed by atoms with van der Waals surface area (Å²) < 4.78 is 13.3. The monoisotopic (exact) mass is 360 g/mol. The van der Waals surface area contributed by atoms with Crippen molar-refractivity contribution in [3.63, 3.8) is 0 Å². The standard InChI is InChI=1S/C23H21FN2O/c24-21-8-6-19(7-9-21)22(18-4-2-1-3-5-18)14-23(27)26-15-20(16-26)17-10-12-25-13-11-17/h1-13,20,22H,14-16H2. The van der Waals surface area contributed by atoms with Gasteiger partial charge in [-0.15, -0.1) is 0 Å². The maximum atomic E-state index is 13.3. The highest BCUT2D eigenvalue weighted by atomic mass is 19.1. The van der Waals surface area contributed by atoms with Gasteiger partial charge >= 0.3 is 0 Å². The Bertz CT molecular complexity index is 891. The maximum Gasteiger partial charge on any atom is 0.223 e. The Morgan fingerprint density at radius 1 is 0.963 bits per heavy atom. The van der Waals surface area contributed by atoms with Crippen LogP contribution in [0.25, 0.3) is 0 Å². The average molecular weight is 360 g/mol. The highest BCUT2D eigenvalue weighted by Crippen LogP contribution is 2.32. The van der Waals surface area contributed by atoms with Crippen molar-refractivity contribution < 1.29 is 9.18 Å². The van der Waals surface area contributed by atoms with Crippen LogP contribution in [-0.2, 0) is 4.79 Å². The van der Waals surface area contributed by atoms with Crippen molar-refractivity contribution in [2.24, 2.45) is 0 Å². The van der Waals surface area contributed by atoms with Gasteiger partial charge in [-0.2, -0.15) is 0 Å². The van der Waals surface area contributed by atoms with E-state index in [4.69, 9.17) is 0 Å². The number of benzene rings is 2. The molecule has 3 nitrogen and oxygen atoms in total. The fraction of sp³-hybridized carbons (Fsp3) is 0.217. The molecule has 0 N–H and O–H groups in total. The fourth-order valence-electron chi connectivity index (χ4n) is 3.64. The van der Waals surface area contributed by atoms with E-state index < -0.39 is 0 Å². The molecule has 1 aromatic heterocycles. The molecule has 0 bridgehead atoms. The lowest BCUT2D eigenvalue weighted by molar-refractivity contribution is -0.135. The minimum Gasteiger partial charge on any atom is -0.341 e. The van der Waals surface area contributed by atoms with Crippen LogP contribution in [0.3, 0.4) is 0 Å². The second-order valence-corrected chi connectivity index (χ2v) is 7.00. The number of likely N-dealkylation sites (tertiary alicyclic amines) is 1. The average Bonchev–Trinajstić information content (AvgIpc) is 2.67. The summed E-state index contributed by atoms with van der Waals surface area (Å²) in [5.74, 6) is 0.190. The summed E-state index contributed by atoms with van der Waals surface area (Å²) in [4.78, 5) is 18.8. The maximum absolute atomic E-state index is 13.3. The zero-order valence-corrected chi connectivity index (χ0v) is 15.0. The van der Waals surface area contributed by atoms with Gasteiger partial charge in [0.15, 0.2) is 0 Å². The molecule has 27 heavy (non-hydrogen) atoms. The van der Waals surface area contributed by atoms with Gasteiger partial charge in [0, 0.05) is 43.7 Å². The first-order valence-corrected chi connectivity index (χ1v) is 9.19. The van der Waals surface area contributed by atoms with Crippen molar-refractivity contribution in [1.82, 2.24) is 9.88 Å². The molecule has 1 fully saturated rings. The van der Waals surface area contributed by atoms with Gasteiger partial charge < -0.3 is 4.90 Å². The smallest absolute Gasteiger partial charge is 0.223 e. The third kappa shape index (κ3) is 3.90. The van der Waals surface area contributed by atoms with E-state index in [2.05, 4.69) is 4.98 Å². The minimum absolute atomic E-state index is 0.0701. The minimum atomic E-state index is -0.264. The van der Waals surface area contributed by atoms with E-state index in [1.165, 1.54) is 17.7 Å². The van der Waals surface area contributed by atoms with E-state index in [0.29, 0.717) is 12.3 Å². The van der Waals surface area contributed by atoms with Crippen molar-refractivity contribution in [1.29, 1.82) is 0 Å². The molecule has 1 aliphatic heterocycles. The molecule has 2 heterocycles. The van der Waals surface area contributed by atoms with Crippen LogP contribution in [0, 0.1) is 5.82 Å². The van der Waals surface area contributed by atoms with Crippen molar-refractivity contribution in [2.75, 3.05) is 13.1 Å². The first kappa shape index (κ1) is 17.4.